The number of halogens is 8. The highest BCUT2D eigenvalue weighted by molar-refractivity contribution is 5.90. The van der Waals surface area contributed by atoms with Crippen LogP contribution in [0.5, 0.6) is 0 Å². The van der Waals surface area contributed by atoms with Gasteiger partial charge in [0.15, 0.2) is 5.82 Å². The number of fused-ring (bicyclic) bond motifs is 3. The Labute approximate surface area is 264 Å². The van der Waals surface area contributed by atoms with Gasteiger partial charge in [0.05, 0.1) is 18.7 Å². The van der Waals surface area contributed by atoms with Gasteiger partial charge in [0.25, 0.3) is 5.91 Å². The Hall–Kier alpha value is -5.21. The minimum atomic E-state index is -5.08. The molecule has 0 bridgehead atoms. The number of carboxylic acid groups (broad SMARTS) is 2. The summed E-state index contributed by atoms with van der Waals surface area (Å²) in [5.41, 5.74) is 1.29. The van der Waals surface area contributed by atoms with E-state index in [2.05, 4.69) is 25.4 Å². The average Bonchev–Trinajstić information content (AvgIpc) is 3.46. The summed E-state index contributed by atoms with van der Waals surface area (Å²) in [7, 11) is 0. The van der Waals surface area contributed by atoms with Crippen molar-refractivity contribution in [1.82, 2.24) is 34.9 Å². The van der Waals surface area contributed by atoms with E-state index in [0.29, 0.717) is 37.7 Å². The molecule has 4 heterocycles. The first-order chi connectivity index (χ1) is 22.4. The molecule has 1 atom stereocenters. The van der Waals surface area contributed by atoms with Crippen LogP contribution in [0, 0.1) is 11.6 Å². The fraction of sp³-hybridized carbons (Fsp3) is 0.370. The van der Waals surface area contributed by atoms with Crippen molar-refractivity contribution in [3.05, 3.63) is 77.1 Å². The first-order valence-corrected chi connectivity index (χ1v) is 13.5. The quantitative estimate of drug-likeness (QED) is 0.337. The molecule has 0 spiro atoms. The molecule has 0 aliphatic carbocycles. The Bertz CT molecular complexity index is 1570. The molecule has 0 radical (unpaired) electrons. The van der Waals surface area contributed by atoms with Gasteiger partial charge in [-0.2, -0.15) is 26.3 Å². The van der Waals surface area contributed by atoms with Gasteiger partial charge in [-0.25, -0.2) is 18.4 Å². The van der Waals surface area contributed by atoms with Gasteiger partial charge in [0, 0.05) is 45.0 Å². The maximum atomic E-state index is 13.1. The molecule has 13 nitrogen and oxygen atoms in total. The molecular formula is C27H25F8N7O6. The largest absolute Gasteiger partial charge is 0.490 e. The van der Waals surface area contributed by atoms with E-state index in [1.165, 1.54) is 24.3 Å². The van der Waals surface area contributed by atoms with Gasteiger partial charge in [-0.1, -0.05) is 12.1 Å². The first-order valence-electron chi connectivity index (χ1n) is 13.5. The van der Waals surface area contributed by atoms with E-state index in [-0.39, 0.29) is 42.5 Å². The number of piperazine rings is 1. The van der Waals surface area contributed by atoms with Crippen LogP contribution in [0.3, 0.4) is 0 Å². The molecule has 21 heteroatoms. The number of alkyl halides is 6. The summed E-state index contributed by atoms with van der Waals surface area (Å²) in [5, 5.41) is 25.5. The lowest BCUT2D eigenvalue weighted by Crippen LogP contribution is -2.54. The number of carboxylic acids is 2. The zero-order valence-electron chi connectivity index (χ0n) is 24.3. The lowest BCUT2D eigenvalue weighted by molar-refractivity contribution is -0.193. The monoisotopic (exact) mass is 695 g/mol. The lowest BCUT2D eigenvalue weighted by Gasteiger charge is -2.43. The molecule has 2 aromatic heterocycles. The third-order valence-corrected chi connectivity index (χ3v) is 6.71. The van der Waals surface area contributed by atoms with Crippen LogP contribution in [0.1, 0.15) is 33.7 Å². The Morgan fingerprint density at radius 1 is 0.812 bits per heavy atom. The third-order valence-electron chi connectivity index (χ3n) is 6.71. The van der Waals surface area contributed by atoms with Gasteiger partial charge >= 0.3 is 24.3 Å². The van der Waals surface area contributed by atoms with Gasteiger partial charge in [-0.15, -0.1) is 10.2 Å². The summed E-state index contributed by atoms with van der Waals surface area (Å²) in [6.45, 7) is 3.23. The highest BCUT2D eigenvalue weighted by atomic mass is 19.4. The SMILES string of the molecule is O=C(NCc1ccc(F)cc1)c1nnc2n1CCN1CCN(C(=O)Cc3ccc(F)cn3)CC21.O=C(O)C(F)(F)F.O=C(O)C(F)(F)F. The predicted molar refractivity (Wildman–Crippen MR) is 144 cm³/mol. The first kappa shape index (κ1) is 37.2. The summed E-state index contributed by atoms with van der Waals surface area (Å²) < 4.78 is 91.4. The summed E-state index contributed by atoms with van der Waals surface area (Å²) in [4.78, 5) is 51.4. The second-order valence-electron chi connectivity index (χ2n) is 9.98. The Kier molecular flexibility index (Phi) is 12.1. The van der Waals surface area contributed by atoms with Gasteiger partial charge in [-0.05, 0) is 29.8 Å². The maximum Gasteiger partial charge on any atom is 0.490 e. The molecule has 48 heavy (non-hydrogen) atoms. The molecule has 5 rings (SSSR count). The van der Waals surface area contributed by atoms with Crippen molar-refractivity contribution in [2.24, 2.45) is 0 Å². The Morgan fingerprint density at radius 2 is 1.38 bits per heavy atom. The van der Waals surface area contributed by atoms with Gasteiger partial charge < -0.3 is 25.0 Å². The Balaban J connectivity index is 0.000000376. The number of pyridine rings is 1. The molecule has 3 aromatic rings. The minimum absolute atomic E-state index is 0.0901. The maximum absolute atomic E-state index is 13.1. The van der Waals surface area contributed by atoms with E-state index in [9.17, 15) is 44.7 Å². The summed E-state index contributed by atoms with van der Waals surface area (Å²) in [6.07, 6.45) is -8.97. The van der Waals surface area contributed by atoms with Crippen LogP contribution in [0.15, 0.2) is 42.6 Å². The number of carbonyl (C=O) groups is 4. The van der Waals surface area contributed by atoms with Crippen LogP contribution in [0.4, 0.5) is 35.1 Å². The summed E-state index contributed by atoms with van der Waals surface area (Å²) in [6, 6.07) is 8.55. The van der Waals surface area contributed by atoms with Crippen molar-refractivity contribution in [3.8, 4) is 0 Å². The van der Waals surface area contributed by atoms with Crippen LogP contribution in [-0.4, -0.2) is 102 Å². The van der Waals surface area contributed by atoms with E-state index < -0.39 is 30.1 Å². The minimum Gasteiger partial charge on any atom is -0.475 e. The van der Waals surface area contributed by atoms with E-state index in [0.717, 1.165) is 18.3 Å². The second kappa shape index (κ2) is 15.6. The van der Waals surface area contributed by atoms with Crippen molar-refractivity contribution < 1.29 is 64.5 Å². The average molecular weight is 696 g/mol. The molecule has 260 valence electrons. The van der Waals surface area contributed by atoms with Crippen LogP contribution in [-0.2, 0) is 33.9 Å². The fourth-order valence-corrected chi connectivity index (χ4v) is 4.38. The molecule has 1 saturated heterocycles. The van der Waals surface area contributed by atoms with Crippen molar-refractivity contribution in [3.63, 3.8) is 0 Å². The van der Waals surface area contributed by atoms with E-state index in [1.807, 2.05) is 0 Å². The second-order valence-corrected chi connectivity index (χ2v) is 9.98. The molecule has 3 N–H and O–H groups in total. The highest BCUT2D eigenvalue weighted by Gasteiger charge is 2.39. The van der Waals surface area contributed by atoms with Crippen LogP contribution >= 0.6 is 0 Å². The molecule has 0 saturated carbocycles. The van der Waals surface area contributed by atoms with Gasteiger partial charge in [0.2, 0.25) is 11.7 Å². The molecule has 1 fully saturated rings. The molecule has 2 amide bonds. The van der Waals surface area contributed by atoms with Gasteiger partial charge in [-0.3, -0.25) is 19.5 Å². The van der Waals surface area contributed by atoms with Crippen LogP contribution < -0.4 is 5.32 Å². The number of hydrogen-bond donors (Lipinski definition) is 3. The highest BCUT2D eigenvalue weighted by Crippen LogP contribution is 2.29. The smallest absolute Gasteiger partial charge is 0.475 e. The number of carbonyl (C=O) groups excluding carboxylic acids is 2. The number of benzene rings is 1. The number of nitrogens with zero attached hydrogens (tertiary/aromatic N) is 6. The third kappa shape index (κ3) is 10.4. The number of hydrogen-bond acceptors (Lipinski definition) is 8. The van der Waals surface area contributed by atoms with E-state index in [1.54, 1.807) is 21.6 Å². The fourth-order valence-electron chi connectivity index (χ4n) is 4.38. The topological polar surface area (TPSA) is 171 Å². The predicted octanol–water partition coefficient (Wildman–Crippen LogP) is 2.59. The molecule has 1 aromatic carbocycles. The molecule has 2 aliphatic heterocycles. The van der Waals surface area contributed by atoms with Crippen LogP contribution in [0.2, 0.25) is 0 Å². The van der Waals surface area contributed by atoms with Crippen molar-refractivity contribution in [2.45, 2.75) is 37.9 Å². The number of aliphatic carboxylic acids is 2. The van der Waals surface area contributed by atoms with E-state index >= 15 is 0 Å². The summed E-state index contributed by atoms with van der Waals surface area (Å²) in [5.74, 6) is -5.87. The molecular weight excluding hydrogens is 670 g/mol. The molecule has 1 unspecified atom stereocenters. The van der Waals surface area contributed by atoms with Gasteiger partial charge in [0.1, 0.15) is 11.6 Å². The summed E-state index contributed by atoms with van der Waals surface area (Å²) >= 11 is 0. The lowest BCUT2D eigenvalue weighted by atomic mass is 10.1. The normalized spacial score (nSPS) is 15.8. The Morgan fingerprint density at radius 3 is 1.92 bits per heavy atom. The standard InChI is InChI=1S/C23H23F2N7O2.2C2HF3O2/c24-16-3-1-15(2-4-16)12-27-23(34)22-29-28-21-19-14-31(8-7-30(19)9-10-32(21)22)20(33)11-18-6-5-17(25)13-26-18;2*3-2(4,5)1(6)7/h1-6,13,19H,7-12,14H2,(H,27,34);2*(H,6,7). The van der Waals surface area contributed by atoms with Crippen molar-refractivity contribution in [1.29, 1.82) is 0 Å². The zero-order chi connectivity index (χ0) is 35.8. The van der Waals surface area contributed by atoms with Crippen LogP contribution in [0.25, 0.3) is 0 Å². The number of rotatable bonds is 5. The number of nitrogens with one attached hydrogen (secondary N) is 1. The number of aromatic nitrogens is 4. The molecule has 2 aliphatic rings. The zero-order valence-corrected chi connectivity index (χ0v) is 24.3. The van der Waals surface area contributed by atoms with Crippen molar-refractivity contribution >= 4 is 23.8 Å². The van der Waals surface area contributed by atoms with Crippen molar-refractivity contribution in [2.75, 3.05) is 26.2 Å². The number of amides is 2. The van der Waals surface area contributed by atoms with E-state index in [4.69, 9.17) is 19.8 Å².